The zero-order valence-corrected chi connectivity index (χ0v) is 16.8. The minimum atomic E-state index is 0. The first-order valence-corrected chi connectivity index (χ1v) is 8.50. The van der Waals surface area contributed by atoms with Crippen LogP contribution in [0.3, 0.4) is 0 Å². The molecule has 0 atom stereocenters. The van der Waals surface area contributed by atoms with E-state index in [0.717, 1.165) is 37.9 Å². The third-order valence-corrected chi connectivity index (χ3v) is 5.26. The number of thiophene rings is 1. The Morgan fingerprint density at radius 2 is 2.15 bits per heavy atom. The molecule has 0 unspecified atom stereocenters. The fourth-order valence-electron chi connectivity index (χ4n) is 2.34. The smallest absolute Gasteiger partial charge is 0.193 e. The molecule has 0 spiro atoms. The van der Waals surface area contributed by atoms with Crippen LogP contribution in [0.15, 0.2) is 20.9 Å². The van der Waals surface area contributed by atoms with E-state index in [1.165, 1.54) is 21.5 Å². The fraction of sp³-hybridized carbons (Fsp3) is 0.643. The number of aliphatic imine (C=N–C) groups is 1. The summed E-state index contributed by atoms with van der Waals surface area (Å²) in [6, 6.07) is 4.29. The molecular weight excluding hydrogens is 449 g/mol. The highest BCUT2D eigenvalue weighted by molar-refractivity contribution is 14.0. The van der Waals surface area contributed by atoms with Crippen LogP contribution in [0.5, 0.6) is 0 Å². The molecule has 0 amide bonds. The molecule has 0 saturated carbocycles. The zero-order chi connectivity index (χ0) is 13.7. The van der Waals surface area contributed by atoms with E-state index in [1.807, 2.05) is 7.05 Å². The molecule has 114 valence electrons. The third-order valence-electron chi connectivity index (χ3n) is 3.58. The molecule has 3 nitrogen and oxygen atoms in total. The zero-order valence-electron chi connectivity index (χ0n) is 12.1. The summed E-state index contributed by atoms with van der Waals surface area (Å²) in [5.41, 5.74) is 0. The molecule has 1 saturated heterocycles. The van der Waals surface area contributed by atoms with Crippen LogP contribution in [0, 0.1) is 5.92 Å². The molecule has 20 heavy (non-hydrogen) atoms. The molecule has 1 aliphatic heterocycles. The fourth-order valence-corrected chi connectivity index (χ4v) is 3.82. The number of hydrogen-bond donors (Lipinski definition) is 1. The van der Waals surface area contributed by atoms with E-state index in [1.54, 1.807) is 11.3 Å². The molecule has 2 heterocycles. The van der Waals surface area contributed by atoms with Gasteiger partial charge in [-0.3, -0.25) is 4.99 Å². The summed E-state index contributed by atoms with van der Waals surface area (Å²) in [5.74, 6) is 1.92. The first-order valence-electron chi connectivity index (χ1n) is 6.89. The largest absolute Gasteiger partial charge is 0.356 e. The Morgan fingerprint density at radius 3 is 2.70 bits per heavy atom. The van der Waals surface area contributed by atoms with E-state index >= 15 is 0 Å². The molecule has 0 aromatic carbocycles. The van der Waals surface area contributed by atoms with Gasteiger partial charge in [0, 0.05) is 31.6 Å². The molecule has 6 heteroatoms. The second kappa shape index (κ2) is 9.25. The van der Waals surface area contributed by atoms with Gasteiger partial charge in [0.1, 0.15) is 0 Å². The molecule has 1 aromatic heterocycles. The average molecular weight is 472 g/mol. The Morgan fingerprint density at radius 1 is 1.45 bits per heavy atom. The second-order valence-corrected chi connectivity index (χ2v) is 7.65. The Bertz CT molecular complexity index is 428. The van der Waals surface area contributed by atoms with Gasteiger partial charge in [0.05, 0.1) is 3.79 Å². The molecule has 1 aliphatic rings. The van der Waals surface area contributed by atoms with Gasteiger partial charge < -0.3 is 10.2 Å². The van der Waals surface area contributed by atoms with E-state index in [0.29, 0.717) is 0 Å². The Hall–Kier alpha value is 0.180. The van der Waals surface area contributed by atoms with Crippen LogP contribution in [-0.2, 0) is 6.42 Å². The highest BCUT2D eigenvalue weighted by Crippen LogP contribution is 2.22. The van der Waals surface area contributed by atoms with Gasteiger partial charge in [0.25, 0.3) is 0 Å². The van der Waals surface area contributed by atoms with Crippen molar-refractivity contribution in [3.05, 3.63) is 20.8 Å². The van der Waals surface area contributed by atoms with Crippen molar-refractivity contribution in [2.75, 3.05) is 26.7 Å². The maximum atomic E-state index is 4.40. The molecule has 0 bridgehead atoms. The van der Waals surface area contributed by atoms with Crippen molar-refractivity contribution in [3.8, 4) is 0 Å². The second-order valence-electron chi connectivity index (χ2n) is 5.10. The normalized spacial score (nSPS) is 16.9. The summed E-state index contributed by atoms with van der Waals surface area (Å²) >= 11 is 5.31. The van der Waals surface area contributed by atoms with E-state index < -0.39 is 0 Å². The van der Waals surface area contributed by atoms with Crippen LogP contribution in [0.25, 0.3) is 0 Å². The van der Waals surface area contributed by atoms with Crippen molar-refractivity contribution in [1.82, 2.24) is 10.2 Å². The molecule has 1 aromatic rings. The highest BCUT2D eigenvalue weighted by atomic mass is 127. The summed E-state index contributed by atoms with van der Waals surface area (Å²) in [7, 11) is 1.88. The molecular formula is C14H23BrIN3S. The SMILES string of the molecule is CN=C(NCCc1ccc(Br)s1)N1CCC(C)CC1.I. The lowest BCUT2D eigenvalue weighted by atomic mass is 10.00. The van der Waals surface area contributed by atoms with Gasteiger partial charge in [-0.1, -0.05) is 6.92 Å². The third kappa shape index (κ3) is 5.52. The van der Waals surface area contributed by atoms with E-state index in [-0.39, 0.29) is 24.0 Å². The quantitative estimate of drug-likeness (QED) is 0.410. The van der Waals surface area contributed by atoms with Crippen molar-refractivity contribution in [1.29, 1.82) is 0 Å². The van der Waals surface area contributed by atoms with Crippen molar-refractivity contribution in [3.63, 3.8) is 0 Å². The number of rotatable bonds is 3. The van der Waals surface area contributed by atoms with Crippen LogP contribution in [0.1, 0.15) is 24.6 Å². The van der Waals surface area contributed by atoms with Crippen LogP contribution in [0.4, 0.5) is 0 Å². The lowest BCUT2D eigenvalue weighted by Gasteiger charge is -2.32. The summed E-state index contributed by atoms with van der Waals surface area (Å²) in [5, 5.41) is 3.48. The van der Waals surface area contributed by atoms with Crippen LogP contribution < -0.4 is 5.32 Å². The van der Waals surface area contributed by atoms with Gasteiger partial charge in [-0.15, -0.1) is 35.3 Å². The average Bonchev–Trinajstić information content (AvgIpc) is 2.82. The summed E-state index contributed by atoms with van der Waals surface area (Å²) in [6.07, 6.45) is 3.61. The number of nitrogens with zero attached hydrogens (tertiary/aromatic N) is 2. The minimum Gasteiger partial charge on any atom is -0.356 e. The molecule has 1 N–H and O–H groups in total. The van der Waals surface area contributed by atoms with Crippen molar-refractivity contribution in [2.45, 2.75) is 26.2 Å². The van der Waals surface area contributed by atoms with Gasteiger partial charge in [0.15, 0.2) is 5.96 Å². The number of likely N-dealkylation sites (tertiary alicyclic amines) is 1. The highest BCUT2D eigenvalue weighted by Gasteiger charge is 2.18. The lowest BCUT2D eigenvalue weighted by molar-refractivity contribution is 0.273. The number of guanidine groups is 1. The number of hydrogen-bond acceptors (Lipinski definition) is 2. The van der Waals surface area contributed by atoms with Gasteiger partial charge in [-0.2, -0.15) is 0 Å². The number of piperidine rings is 1. The summed E-state index contributed by atoms with van der Waals surface area (Å²) in [6.45, 7) is 5.55. The van der Waals surface area contributed by atoms with Gasteiger partial charge >= 0.3 is 0 Å². The van der Waals surface area contributed by atoms with Gasteiger partial charge in [-0.25, -0.2) is 0 Å². The number of nitrogens with one attached hydrogen (secondary N) is 1. The van der Waals surface area contributed by atoms with E-state index in [4.69, 9.17) is 0 Å². The van der Waals surface area contributed by atoms with Crippen molar-refractivity contribution >= 4 is 57.2 Å². The standard InChI is InChI=1S/C14H22BrN3S.HI/c1-11-6-9-18(10-7-11)14(16-2)17-8-5-12-3-4-13(15)19-12;/h3-4,11H,5-10H2,1-2H3,(H,16,17);1H. The van der Waals surface area contributed by atoms with E-state index in [9.17, 15) is 0 Å². The monoisotopic (exact) mass is 471 g/mol. The Balaban J connectivity index is 0.00000200. The van der Waals surface area contributed by atoms with Crippen molar-refractivity contribution < 1.29 is 0 Å². The Kier molecular flexibility index (Phi) is 8.43. The van der Waals surface area contributed by atoms with Gasteiger partial charge in [0.2, 0.25) is 0 Å². The molecule has 0 aliphatic carbocycles. The van der Waals surface area contributed by atoms with Crippen LogP contribution in [-0.4, -0.2) is 37.5 Å². The lowest BCUT2D eigenvalue weighted by Crippen LogP contribution is -2.45. The van der Waals surface area contributed by atoms with E-state index in [2.05, 4.69) is 50.2 Å². The molecule has 2 rings (SSSR count). The predicted molar refractivity (Wildman–Crippen MR) is 102 cm³/mol. The van der Waals surface area contributed by atoms with Crippen LogP contribution in [0.2, 0.25) is 0 Å². The molecule has 1 fully saturated rings. The first-order chi connectivity index (χ1) is 9.19. The Labute approximate surface area is 151 Å². The summed E-state index contributed by atoms with van der Waals surface area (Å²) in [4.78, 5) is 8.18. The maximum absolute atomic E-state index is 4.40. The molecule has 0 radical (unpaired) electrons. The van der Waals surface area contributed by atoms with Gasteiger partial charge in [-0.05, 0) is 53.2 Å². The topological polar surface area (TPSA) is 27.6 Å². The predicted octanol–water partition coefficient (Wildman–Crippen LogP) is 3.98. The first kappa shape index (κ1) is 18.2. The summed E-state index contributed by atoms with van der Waals surface area (Å²) < 4.78 is 1.21. The minimum absolute atomic E-state index is 0. The van der Waals surface area contributed by atoms with Crippen LogP contribution >= 0.6 is 51.2 Å². The number of halogens is 2. The van der Waals surface area contributed by atoms with Crippen molar-refractivity contribution in [2.24, 2.45) is 10.9 Å². The maximum Gasteiger partial charge on any atom is 0.193 e.